The van der Waals surface area contributed by atoms with Crippen LogP contribution in [0.15, 0.2) is 65.8 Å². The molecule has 26 heavy (non-hydrogen) atoms. The molecule has 0 saturated carbocycles. The highest BCUT2D eigenvalue weighted by Crippen LogP contribution is 2.18. The summed E-state index contributed by atoms with van der Waals surface area (Å²) in [7, 11) is -4.20. The molecule has 3 rings (SSSR count). The zero-order valence-corrected chi connectivity index (χ0v) is 14.8. The van der Waals surface area contributed by atoms with E-state index < -0.39 is 27.3 Å². The van der Waals surface area contributed by atoms with Crippen LogP contribution >= 0.6 is 11.6 Å². The first-order valence-electron chi connectivity index (χ1n) is 7.44. The van der Waals surface area contributed by atoms with Gasteiger partial charge in [-0.2, -0.15) is 5.10 Å². The topological polar surface area (TPSA) is 81.1 Å². The number of halogens is 2. The molecule has 0 bridgehead atoms. The van der Waals surface area contributed by atoms with Gasteiger partial charge in [0.15, 0.2) is 5.82 Å². The molecule has 1 N–H and O–H groups in total. The van der Waals surface area contributed by atoms with E-state index in [4.69, 9.17) is 11.6 Å². The number of aromatic nitrogens is 2. The van der Waals surface area contributed by atoms with Crippen LogP contribution in [0.25, 0.3) is 0 Å². The van der Waals surface area contributed by atoms with Gasteiger partial charge >= 0.3 is 0 Å². The van der Waals surface area contributed by atoms with Gasteiger partial charge in [-0.3, -0.25) is 9.48 Å². The van der Waals surface area contributed by atoms with E-state index in [0.29, 0.717) is 6.54 Å². The number of hydrogen-bond acceptors (Lipinski definition) is 4. The molecule has 2 aromatic carbocycles. The molecule has 1 heterocycles. The van der Waals surface area contributed by atoms with Crippen molar-refractivity contribution < 1.29 is 17.6 Å². The number of benzene rings is 2. The Morgan fingerprint density at radius 1 is 1.15 bits per heavy atom. The Balaban J connectivity index is 1.78. The highest BCUT2D eigenvalue weighted by molar-refractivity contribution is 7.90. The van der Waals surface area contributed by atoms with Crippen LogP contribution in [0.5, 0.6) is 0 Å². The molecule has 6 nitrogen and oxygen atoms in total. The fourth-order valence-corrected chi connectivity index (χ4v) is 3.35. The van der Waals surface area contributed by atoms with Crippen molar-refractivity contribution in [1.29, 1.82) is 0 Å². The van der Waals surface area contributed by atoms with Gasteiger partial charge in [0.25, 0.3) is 15.9 Å². The molecule has 0 radical (unpaired) electrons. The zero-order chi connectivity index (χ0) is 18.7. The molecule has 0 saturated heterocycles. The standard InChI is InChI=1S/C17H13ClFN3O3S/c18-15-8-4-7-14(16(15)19)17(23)21-26(24,25)13-9-20-22(11-13)10-12-5-2-1-3-6-12/h1-9,11H,10H2,(H,21,23). The van der Waals surface area contributed by atoms with Crippen molar-refractivity contribution in [3.63, 3.8) is 0 Å². The van der Waals surface area contributed by atoms with Crippen molar-refractivity contribution in [3.8, 4) is 0 Å². The maximum Gasteiger partial charge on any atom is 0.268 e. The fraction of sp³-hybridized carbons (Fsp3) is 0.0588. The Morgan fingerprint density at radius 2 is 1.88 bits per heavy atom. The van der Waals surface area contributed by atoms with Gasteiger partial charge in [0.2, 0.25) is 0 Å². The van der Waals surface area contributed by atoms with Crippen molar-refractivity contribution in [2.75, 3.05) is 0 Å². The summed E-state index contributed by atoms with van der Waals surface area (Å²) in [4.78, 5) is 11.9. The molecule has 1 amide bonds. The van der Waals surface area contributed by atoms with Crippen molar-refractivity contribution in [2.45, 2.75) is 11.4 Å². The number of hydrogen-bond donors (Lipinski definition) is 1. The predicted molar refractivity (Wildman–Crippen MR) is 93.8 cm³/mol. The minimum atomic E-state index is -4.20. The van der Waals surface area contributed by atoms with E-state index in [9.17, 15) is 17.6 Å². The van der Waals surface area contributed by atoms with Crippen LogP contribution in [-0.2, 0) is 16.6 Å². The highest BCUT2D eigenvalue weighted by Gasteiger charge is 2.23. The fourth-order valence-electron chi connectivity index (χ4n) is 2.26. The minimum Gasteiger partial charge on any atom is -0.268 e. The molecule has 0 aliphatic heterocycles. The van der Waals surface area contributed by atoms with E-state index in [1.807, 2.05) is 35.1 Å². The monoisotopic (exact) mass is 393 g/mol. The van der Waals surface area contributed by atoms with Gasteiger partial charge in [-0.1, -0.05) is 48.0 Å². The van der Waals surface area contributed by atoms with Crippen LogP contribution in [0.3, 0.4) is 0 Å². The molecule has 0 unspecified atom stereocenters. The van der Waals surface area contributed by atoms with Crippen LogP contribution in [-0.4, -0.2) is 24.1 Å². The second kappa shape index (κ2) is 7.27. The number of rotatable bonds is 5. The Morgan fingerprint density at radius 3 is 2.62 bits per heavy atom. The first-order chi connectivity index (χ1) is 12.4. The summed E-state index contributed by atoms with van der Waals surface area (Å²) in [6, 6.07) is 13.1. The zero-order valence-electron chi connectivity index (χ0n) is 13.3. The molecule has 9 heteroatoms. The van der Waals surface area contributed by atoms with Crippen LogP contribution < -0.4 is 4.72 Å². The SMILES string of the molecule is O=C(NS(=O)(=O)c1cnn(Cc2ccccc2)c1)c1cccc(Cl)c1F. The van der Waals surface area contributed by atoms with Crippen molar-refractivity contribution in [2.24, 2.45) is 0 Å². The number of amides is 1. The summed E-state index contributed by atoms with van der Waals surface area (Å²) < 4.78 is 41.8. The molecule has 0 fully saturated rings. The number of carbonyl (C=O) groups is 1. The molecular weight excluding hydrogens is 381 g/mol. The summed E-state index contributed by atoms with van der Waals surface area (Å²) in [6.07, 6.45) is 2.41. The lowest BCUT2D eigenvalue weighted by Crippen LogP contribution is -2.31. The van der Waals surface area contributed by atoms with Gasteiger partial charge in [0, 0.05) is 6.20 Å². The van der Waals surface area contributed by atoms with Gasteiger partial charge in [0.1, 0.15) is 4.90 Å². The summed E-state index contributed by atoms with van der Waals surface area (Å²) in [5, 5.41) is 3.71. The first kappa shape index (κ1) is 18.1. The molecular formula is C17H13ClFN3O3S. The average Bonchev–Trinajstić information content (AvgIpc) is 3.07. The second-order valence-corrected chi connectivity index (χ2v) is 7.48. The third-order valence-corrected chi connectivity index (χ3v) is 5.11. The Labute approximate surface area is 154 Å². The van der Waals surface area contributed by atoms with Gasteiger partial charge in [-0.25, -0.2) is 17.5 Å². The van der Waals surface area contributed by atoms with E-state index >= 15 is 0 Å². The highest BCUT2D eigenvalue weighted by atomic mass is 35.5. The van der Waals surface area contributed by atoms with Crippen molar-refractivity contribution in [1.82, 2.24) is 14.5 Å². The van der Waals surface area contributed by atoms with E-state index in [0.717, 1.165) is 17.8 Å². The molecule has 134 valence electrons. The predicted octanol–water partition coefficient (Wildman–Crippen LogP) is 2.84. The lowest BCUT2D eigenvalue weighted by Gasteiger charge is -2.06. The van der Waals surface area contributed by atoms with Crippen LogP contribution in [0.2, 0.25) is 5.02 Å². The maximum absolute atomic E-state index is 13.9. The number of nitrogens with one attached hydrogen (secondary N) is 1. The molecule has 0 aliphatic rings. The average molecular weight is 394 g/mol. The summed E-state index contributed by atoms with van der Waals surface area (Å²) in [5.41, 5.74) is 0.474. The van der Waals surface area contributed by atoms with E-state index in [2.05, 4.69) is 5.10 Å². The quantitative estimate of drug-likeness (QED) is 0.722. The lowest BCUT2D eigenvalue weighted by molar-refractivity contribution is 0.0977. The van der Waals surface area contributed by atoms with Crippen LogP contribution in [0.1, 0.15) is 15.9 Å². The first-order valence-corrected chi connectivity index (χ1v) is 9.30. The Kier molecular flexibility index (Phi) is 5.06. The number of sulfonamides is 1. The summed E-state index contributed by atoms with van der Waals surface area (Å²) in [5.74, 6) is -2.09. The van der Waals surface area contributed by atoms with Gasteiger partial charge in [-0.05, 0) is 17.7 Å². The molecule has 3 aromatic rings. The second-order valence-electron chi connectivity index (χ2n) is 5.40. The minimum absolute atomic E-state index is 0.204. The molecule has 0 spiro atoms. The van der Waals surface area contributed by atoms with Crippen molar-refractivity contribution in [3.05, 3.63) is 82.9 Å². The van der Waals surface area contributed by atoms with Gasteiger partial charge < -0.3 is 0 Å². The Bertz CT molecular complexity index is 1050. The van der Waals surface area contributed by atoms with Crippen molar-refractivity contribution >= 4 is 27.5 Å². The maximum atomic E-state index is 13.9. The van der Waals surface area contributed by atoms with Gasteiger partial charge in [0.05, 0.1) is 23.3 Å². The summed E-state index contributed by atoms with van der Waals surface area (Å²) >= 11 is 5.61. The number of carbonyl (C=O) groups excluding carboxylic acids is 1. The van der Waals surface area contributed by atoms with E-state index in [1.54, 1.807) is 0 Å². The third-order valence-electron chi connectivity index (χ3n) is 3.53. The largest absolute Gasteiger partial charge is 0.268 e. The third kappa shape index (κ3) is 3.92. The number of nitrogens with zero attached hydrogens (tertiary/aromatic N) is 2. The molecule has 1 aromatic heterocycles. The molecule has 0 aliphatic carbocycles. The summed E-state index contributed by atoms with van der Waals surface area (Å²) in [6.45, 7) is 0.368. The van der Waals surface area contributed by atoms with E-state index in [1.165, 1.54) is 23.0 Å². The van der Waals surface area contributed by atoms with E-state index in [-0.39, 0.29) is 9.92 Å². The Hall–Kier alpha value is -2.71. The van der Waals surface area contributed by atoms with Crippen LogP contribution in [0.4, 0.5) is 4.39 Å². The molecule has 0 atom stereocenters. The smallest absolute Gasteiger partial charge is 0.268 e. The van der Waals surface area contributed by atoms with Gasteiger partial charge in [-0.15, -0.1) is 0 Å². The lowest BCUT2D eigenvalue weighted by atomic mass is 10.2. The van der Waals surface area contributed by atoms with Crippen LogP contribution in [0, 0.1) is 5.82 Å². The normalized spacial score (nSPS) is 11.3.